The lowest BCUT2D eigenvalue weighted by Crippen LogP contribution is -2.13. The predicted molar refractivity (Wildman–Crippen MR) is 90.4 cm³/mol. The minimum atomic E-state index is -0.260. The molecule has 1 heterocycles. The second-order valence-corrected chi connectivity index (χ2v) is 6.51. The fourth-order valence-corrected chi connectivity index (χ4v) is 2.46. The number of benzene rings is 1. The number of amides is 1. The van der Waals surface area contributed by atoms with Crippen LogP contribution in [0.25, 0.3) is 0 Å². The quantitative estimate of drug-likeness (QED) is 0.703. The summed E-state index contributed by atoms with van der Waals surface area (Å²) in [5.74, 6) is -0.0719. The van der Waals surface area contributed by atoms with Gasteiger partial charge in [-0.05, 0) is 52.2 Å². The van der Waals surface area contributed by atoms with Crippen molar-refractivity contribution < 1.29 is 4.79 Å². The van der Waals surface area contributed by atoms with Gasteiger partial charge in [-0.1, -0.05) is 37.0 Å². The van der Waals surface area contributed by atoms with Crippen molar-refractivity contribution in [3.05, 3.63) is 56.2 Å². The molecule has 0 aliphatic heterocycles. The van der Waals surface area contributed by atoms with Crippen LogP contribution in [0.2, 0.25) is 10.2 Å². The van der Waals surface area contributed by atoms with Gasteiger partial charge in [0.25, 0.3) is 5.91 Å². The van der Waals surface area contributed by atoms with E-state index < -0.39 is 0 Å². The first kappa shape index (κ1) is 16.3. The van der Waals surface area contributed by atoms with Crippen molar-refractivity contribution in [1.29, 1.82) is 0 Å². The summed E-state index contributed by atoms with van der Waals surface area (Å²) in [6.07, 6.45) is 0. The van der Waals surface area contributed by atoms with Crippen molar-refractivity contribution in [2.24, 2.45) is 0 Å². The molecule has 1 N–H and O–H groups in total. The highest BCUT2D eigenvalue weighted by Gasteiger charge is 2.13. The molecule has 1 amide bonds. The summed E-state index contributed by atoms with van der Waals surface area (Å²) in [6, 6.07) is 8.47. The van der Waals surface area contributed by atoms with E-state index in [-0.39, 0.29) is 11.8 Å². The molecule has 2 rings (SSSR count). The Labute approximate surface area is 141 Å². The summed E-state index contributed by atoms with van der Waals surface area (Å²) in [5, 5.41) is 3.65. The number of nitrogens with one attached hydrogen (secondary N) is 1. The van der Waals surface area contributed by atoms with Crippen LogP contribution in [0.1, 0.15) is 35.8 Å². The maximum absolute atomic E-state index is 12.3. The molecule has 0 atom stereocenters. The van der Waals surface area contributed by atoms with Gasteiger partial charge in [-0.15, -0.1) is 0 Å². The van der Waals surface area contributed by atoms with Crippen LogP contribution >= 0.6 is 39.1 Å². The fourth-order valence-electron chi connectivity index (χ4n) is 1.73. The molecule has 2 aromatic rings. The van der Waals surface area contributed by atoms with Gasteiger partial charge < -0.3 is 5.32 Å². The van der Waals surface area contributed by atoms with Gasteiger partial charge in [0.1, 0.15) is 5.15 Å². The van der Waals surface area contributed by atoms with Gasteiger partial charge >= 0.3 is 0 Å². The van der Waals surface area contributed by atoms with E-state index in [0.29, 0.717) is 21.4 Å². The van der Waals surface area contributed by atoms with E-state index in [2.05, 4.69) is 26.2 Å². The van der Waals surface area contributed by atoms with E-state index in [1.807, 2.05) is 13.8 Å². The summed E-state index contributed by atoms with van der Waals surface area (Å²) in [4.78, 5) is 16.6. The lowest BCUT2D eigenvalue weighted by molar-refractivity contribution is 0.102. The first-order valence-corrected chi connectivity index (χ1v) is 7.85. The van der Waals surface area contributed by atoms with E-state index in [1.165, 1.54) is 0 Å². The monoisotopic (exact) mass is 386 g/mol. The number of aromatic nitrogens is 1. The molecule has 0 bridgehead atoms. The summed E-state index contributed by atoms with van der Waals surface area (Å²) < 4.78 is 0.754. The zero-order valence-corrected chi connectivity index (χ0v) is 14.6. The lowest BCUT2D eigenvalue weighted by Gasteiger charge is -2.10. The molecule has 3 nitrogen and oxygen atoms in total. The molecule has 0 aliphatic rings. The van der Waals surface area contributed by atoms with Crippen molar-refractivity contribution >= 4 is 50.7 Å². The van der Waals surface area contributed by atoms with E-state index in [4.69, 9.17) is 23.2 Å². The Morgan fingerprint density at radius 1 is 1.24 bits per heavy atom. The van der Waals surface area contributed by atoms with E-state index in [9.17, 15) is 4.79 Å². The highest BCUT2D eigenvalue weighted by atomic mass is 79.9. The molecule has 1 aromatic heterocycles. The summed E-state index contributed by atoms with van der Waals surface area (Å²) in [6.45, 7) is 3.99. The number of carbonyl (C=O) groups excluding carboxylic acids is 1. The first-order valence-electron chi connectivity index (χ1n) is 6.30. The molecule has 1 aromatic carbocycles. The Kier molecular flexibility index (Phi) is 5.25. The summed E-state index contributed by atoms with van der Waals surface area (Å²) >= 11 is 15.3. The SMILES string of the molecule is CC(C)c1cc(C(=O)Nc2cc(Cl)ccc2Br)cc(Cl)n1. The number of rotatable bonds is 3. The molecule has 21 heavy (non-hydrogen) atoms. The number of carbonyl (C=O) groups is 1. The third kappa shape index (κ3) is 4.19. The second-order valence-electron chi connectivity index (χ2n) is 4.84. The van der Waals surface area contributed by atoms with Crippen LogP contribution in [0.5, 0.6) is 0 Å². The maximum Gasteiger partial charge on any atom is 0.255 e. The van der Waals surface area contributed by atoms with Gasteiger partial charge in [0.2, 0.25) is 0 Å². The van der Waals surface area contributed by atoms with Crippen LogP contribution in [0.4, 0.5) is 5.69 Å². The number of nitrogens with zero attached hydrogens (tertiary/aromatic N) is 1. The van der Waals surface area contributed by atoms with Crippen LogP contribution < -0.4 is 5.32 Å². The van der Waals surface area contributed by atoms with E-state index >= 15 is 0 Å². The van der Waals surface area contributed by atoms with Gasteiger partial charge in [0.15, 0.2) is 0 Å². The Hall–Kier alpha value is -1.10. The average Bonchev–Trinajstić information content (AvgIpc) is 2.42. The Morgan fingerprint density at radius 3 is 2.62 bits per heavy atom. The number of hydrogen-bond donors (Lipinski definition) is 1. The van der Waals surface area contributed by atoms with Crippen molar-refractivity contribution in [3.63, 3.8) is 0 Å². The second kappa shape index (κ2) is 6.77. The van der Waals surface area contributed by atoms with Crippen LogP contribution in [0.3, 0.4) is 0 Å². The minimum absolute atomic E-state index is 0.188. The summed E-state index contributed by atoms with van der Waals surface area (Å²) in [5.41, 5.74) is 1.84. The molecular weight excluding hydrogens is 375 g/mol. The number of anilines is 1. The highest BCUT2D eigenvalue weighted by Crippen LogP contribution is 2.27. The highest BCUT2D eigenvalue weighted by molar-refractivity contribution is 9.10. The number of pyridine rings is 1. The van der Waals surface area contributed by atoms with E-state index in [1.54, 1.807) is 30.3 Å². The van der Waals surface area contributed by atoms with E-state index in [0.717, 1.165) is 10.2 Å². The van der Waals surface area contributed by atoms with Crippen LogP contribution in [0, 0.1) is 0 Å². The fraction of sp³-hybridized carbons (Fsp3) is 0.200. The Bertz CT molecular complexity index is 689. The molecule has 6 heteroatoms. The Morgan fingerprint density at radius 2 is 1.95 bits per heavy atom. The molecule has 0 fully saturated rings. The lowest BCUT2D eigenvalue weighted by atomic mass is 10.1. The molecule has 110 valence electrons. The van der Waals surface area contributed by atoms with Crippen molar-refractivity contribution in [2.75, 3.05) is 5.32 Å². The number of hydrogen-bond acceptors (Lipinski definition) is 2. The average molecular weight is 388 g/mol. The van der Waals surface area contributed by atoms with Crippen LogP contribution in [-0.2, 0) is 0 Å². The largest absolute Gasteiger partial charge is 0.321 e. The van der Waals surface area contributed by atoms with Crippen molar-refractivity contribution in [3.8, 4) is 0 Å². The van der Waals surface area contributed by atoms with Gasteiger partial charge in [-0.3, -0.25) is 4.79 Å². The minimum Gasteiger partial charge on any atom is -0.321 e. The predicted octanol–water partition coefficient (Wildman–Crippen LogP) is 5.53. The molecule has 0 aliphatic carbocycles. The maximum atomic E-state index is 12.3. The van der Waals surface area contributed by atoms with Gasteiger partial charge in [0.05, 0.1) is 5.69 Å². The standard InChI is InChI=1S/C15H13BrCl2N2O/c1-8(2)12-5-9(6-14(18)19-12)15(21)20-13-7-10(17)3-4-11(13)16/h3-8H,1-2H3,(H,20,21). The van der Waals surface area contributed by atoms with Gasteiger partial charge in [-0.25, -0.2) is 4.98 Å². The smallest absolute Gasteiger partial charge is 0.255 e. The van der Waals surface area contributed by atoms with Crippen LogP contribution in [-0.4, -0.2) is 10.9 Å². The molecule has 0 saturated carbocycles. The van der Waals surface area contributed by atoms with Crippen molar-refractivity contribution in [2.45, 2.75) is 19.8 Å². The topological polar surface area (TPSA) is 42.0 Å². The van der Waals surface area contributed by atoms with Gasteiger partial charge in [-0.2, -0.15) is 0 Å². The molecule has 0 radical (unpaired) electrons. The molecular formula is C15H13BrCl2N2O. The van der Waals surface area contributed by atoms with Crippen molar-refractivity contribution in [1.82, 2.24) is 4.98 Å². The molecule has 0 saturated heterocycles. The molecule has 0 spiro atoms. The zero-order chi connectivity index (χ0) is 15.6. The van der Waals surface area contributed by atoms with Gasteiger partial charge in [0, 0.05) is 20.8 Å². The third-order valence-corrected chi connectivity index (χ3v) is 3.96. The third-order valence-electron chi connectivity index (χ3n) is 2.84. The first-order chi connectivity index (χ1) is 9.86. The number of halogens is 3. The Balaban J connectivity index is 2.30. The zero-order valence-electron chi connectivity index (χ0n) is 11.5. The molecule has 0 unspecified atom stereocenters. The van der Waals surface area contributed by atoms with Crippen LogP contribution in [0.15, 0.2) is 34.8 Å². The summed E-state index contributed by atoms with van der Waals surface area (Å²) in [7, 11) is 0. The normalized spacial score (nSPS) is 10.8.